The first-order valence-corrected chi connectivity index (χ1v) is 7.41. The number of aliphatic hydroxyl groups excluding tert-OH is 1. The van der Waals surface area contributed by atoms with Crippen molar-refractivity contribution in [3.05, 3.63) is 65.5 Å². The number of carbonyl (C=O) groups excluding carboxylic acids is 1. The first-order chi connectivity index (χ1) is 11.0. The van der Waals surface area contributed by atoms with E-state index in [-0.39, 0.29) is 18.2 Å². The predicted molar refractivity (Wildman–Crippen MR) is 85.6 cm³/mol. The van der Waals surface area contributed by atoms with E-state index < -0.39 is 18.0 Å². The zero-order chi connectivity index (χ0) is 16.8. The van der Waals surface area contributed by atoms with E-state index in [9.17, 15) is 14.3 Å². The molecule has 0 aliphatic carbocycles. The van der Waals surface area contributed by atoms with Crippen LogP contribution < -0.4 is 10.1 Å². The average Bonchev–Trinajstić information content (AvgIpc) is 2.52. The van der Waals surface area contributed by atoms with Crippen LogP contribution in [-0.4, -0.2) is 23.7 Å². The third-order valence-electron chi connectivity index (χ3n) is 3.50. The Morgan fingerprint density at radius 2 is 2.00 bits per heavy atom. The molecule has 0 aromatic heterocycles. The van der Waals surface area contributed by atoms with Gasteiger partial charge in [-0.1, -0.05) is 30.3 Å². The summed E-state index contributed by atoms with van der Waals surface area (Å²) in [6.45, 7) is 3.55. The molecule has 0 saturated heterocycles. The first kappa shape index (κ1) is 17.0. The van der Waals surface area contributed by atoms with Crippen molar-refractivity contribution < 1.29 is 19.0 Å². The van der Waals surface area contributed by atoms with E-state index in [0.29, 0.717) is 0 Å². The van der Waals surface area contributed by atoms with Crippen LogP contribution in [0, 0.1) is 12.7 Å². The normalized spacial score (nSPS) is 13.2. The van der Waals surface area contributed by atoms with Crippen LogP contribution in [0.5, 0.6) is 5.75 Å². The number of ether oxygens (including phenoxy) is 1. The summed E-state index contributed by atoms with van der Waals surface area (Å²) in [7, 11) is 0. The second kappa shape index (κ2) is 7.74. The summed E-state index contributed by atoms with van der Waals surface area (Å²) in [5, 5.41) is 12.8. The molecule has 0 radical (unpaired) electrons. The molecule has 2 atom stereocenters. The molecular weight excluding hydrogens is 297 g/mol. The van der Waals surface area contributed by atoms with Crippen LogP contribution in [0.3, 0.4) is 0 Å². The molecule has 0 bridgehead atoms. The van der Waals surface area contributed by atoms with Gasteiger partial charge < -0.3 is 15.2 Å². The standard InChI is InChI=1S/C18H20FNO3/c1-12-6-3-4-9-16(12)17(21)11-20-18(22)13(2)23-15-8-5-7-14(19)10-15/h3-10,13,17,21H,11H2,1-2H3,(H,20,22). The largest absolute Gasteiger partial charge is 0.481 e. The molecule has 1 amide bonds. The molecule has 0 heterocycles. The van der Waals surface area contributed by atoms with E-state index in [4.69, 9.17) is 4.74 Å². The number of nitrogens with one attached hydrogen (secondary N) is 1. The highest BCUT2D eigenvalue weighted by molar-refractivity contribution is 5.80. The second-order valence-corrected chi connectivity index (χ2v) is 5.33. The Balaban J connectivity index is 1.88. The third-order valence-corrected chi connectivity index (χ3v) is 3.50. The zero-order valence-corrected chi connectivity index (χ0v) is 13.1. The SMILES string of the molecule is Cc1ccccc1C(O)CNC(=O)C(C)Oc1cccc(F)c1. The van der Waals surface area contributed by atoms with E-state index in [1.807, 2.05) is 31.2 Å². The monoisotopic (exact) mass is 317 g/mol. The summed E-state index contributed by atoms with van der Waals surface area (Å²) >= 11 is 0. The smallest absolute Gasteiger partial charge is 0.260 e. The molecule has 0 fully saturated rings. The van der Waals surface area contributed by atoms with Crippen LogP contribution in [0.2, 0.25) is 0 Å². The summed E-state index contributed by atoms with van der Waals surface area (Å²) in [6, 6.07) is 13.0. The van der Waals surface area contributed by atoms with Gasteiger partial charge in [0, 0.05) is 12.6 Å². The molecule has 5 heteroatoms. The van der Waals surface area contributed by atoms with Crippen molar-refractivity contribution in [1.29, 1.82) is 0 Å². The van der Waals surface area contributed by atoms with Gasteiger partial charge in [-0.2, -0.15) is 0 Å². The number of aryl methyl sites for hydroxylation is 1. The Kier molecular flexibility index (Phi) is 5.71. The highest BCUT2D eigenvalue weighted by Crippen LogP contribution is 2.17. The van der Waals surface area contributed by atoms with E-state index in [0.717, 1.165) is 11.1 Å². The molecule has 0 aliphatic rings. The number of amides is 1. The number of aliphatic hydroxyl groups is 1. The number of halogens is 1. The minimum atomic E-state index is -0.791. The molecule has 122 valence electrons. The maximum absolute atomic E-state index is 13.1. The molecular formula is C18H20FNO3. The summed E-state index contributed by atoms with van der Waals surface area (Å²) < 4.78 is 18.5. The summed E-state index contributed by atoms with van der Waals surface area (Å²) in [5.41, 5.74) is 1.73. The minimum Gasteiger partial charge on any atom is -0.481 e. The molecule has 2 aromatic rings. The molecule has 0 spiro atoms. The third kappa shape index (κ3) is 4.79. The highest BCUT2D eigenvalue weighted by atomic mass is 19.1. The van der Waals surface area contributed by atoms with Crippen LogP contribution in [0.1, 0.15) is 24.2 Å². The van der Waals surface area contributed by atoms with Crippen molar-refractivity contribution in [3.8, 4) is 5.75 Å². The van der Waals surface area contributed by atoms with Crippen LogP contribution >= 0.6 is 0 Å². The fourth-order valence-corrected chi connectivity index (χ4v) is 2.21. The van der Waals surface area contributed by atoms with Crippen LogP contribution in [0.15, 0.2) is 48.5 Å². The van der Waals surface area contributed by atoms with Crippen LogP contribution in [0.25, 0.3) is 0 Å². The molecule has 2 aromatic carbocycles. The lowest BCUT2D eigenvalue weighted by Crippen LogP contribution is -2.38. The number of rotatable bonds is 6. The van der Waals surface area contributed by atoms with E-state index in [1.165, 1.54) is 18.2 Å². The quantitative estimate of drug-likeness (QED) is 0.861. The number of benzene rings is 2. The van der Waals surface area contributed by atoms with E-state index in [2.05, 4.69) is 5.32 Å². The second-order valence-electron chi connectivity index (χ2n) is 5.33. The fourth-order valence-electron chi connectivity index (χ4n) is 2.21. The lowest BCUT2D eigenvalue weighted by atomic mass is 10.0. The summed E-state index contributed by atoms with van der Waals surface area (Å²) in [4.78, 5) is 12.0. The molecule has 4 nitrogen and oxygen atoms in total. The van der Waals surface area contributed by atoms with Gasteiger partial charge in [-0.25, -0.2) is 4.39 Å². The molecule has 0 saturated carbocycles. The molecule has 23 heavy (non-hydrogen) atoms. The fraction of sp³-hybridized carbons (Fsp3) is 0.278. The lowest BCUT2D eigenvalue weighted by Gasteiger charge is -2.18. The van der Waals surface area contributed by atoms with E-state index >= 15 is 0 Å². The lowest BCUT2D eigenvalue weighted by molar-refractivity contribution is -0.127. The topological polar surface area (TPSA) is 58.6 Å². The van der Waals surface area contributed by atoms with Gasteiger partial charge in [-0.05, 0) is 37.1 Å². The van der Waals surface area contributed by atoms with Crippen molar-refractivity contribution in [2.75, 3.05) is 6.54 Å². The Morgan fingerprint density at radius 3 is 2.70 bits per heavy atom. The maximum atomic E-state index is 13.1. The van der Waals surface area contributed by atoms with Gasteiger partial charge in [0.05, 0.1) is 6.10 Å². The highest BCUT2D eigenvalue weighted by Gasteiger charge is 2.17. The van der Waals surface area contributed by atoms with Crippen LogP contribution in [0.4, 0.5) is 4.39 Å². The van der Waals surface area contributed by atoms with Crippen molar-refractivity contribution >= 4 is 5.91 Å². The van der Waals surface area contributed by atoms with Gasteiger partial charge >= 0.3 is 0 Å². The number of carbonyl (C=O) groups is 1. The zero-order valence-electron chi connectivity index (χ0n) is 13.1. The summed E-state index contributed by atoms with van der Waals surface area (Å²) in [6.07, 6.45) is -1.58. The van der Waals surface area contributed by atoms with Gasteiger partial charge in [0.25, 0.3) is 5.91 Å². The number of hydrogen-bond acceptors (Lipinski definition) is 3. The molecule has 0 aliphatic heterocycles. The van der Waals surface area contributed by atoms with Gasteiger partial charge in [-0.15, -0.1) is 0 Å². The van der Waals surface area contributed by atoms with E-state index in [1.54, 1.807) is 13.0 Å². The van der Waals surface area contributed by atoms with Gasteiger partial charge in [0.2, 0.25) is 0 Å². The molecule has 2 unspecified atom stereocenters. The Labute approximate surface area is 134 Å². The maximum Gasteiger partial charge on any atom is 0.260 e. The Bertz CT molecular complexity index is 675. The molecule has 2 N–H and O–H groups in total. The van der Waals surface area contributed by atoms with Gasteiger partial charge in [0.1, 0.15) is 11.6 Å². The first-order valence-electron chi connectivity index (χ1n) is 7.41. The summed E-state index contributed by atoms with van der Waals surface area (Å²) in [5.74, 6) is -0.515. The van der Waals surface area contributed by atoms with Crippen molar-refractivity contribution in [2.45, 2.75) is 26.1 Å². The Morgan fingerprint density at radius 1 is 1.26 bits per heavy atom. The van der Waals surface area contributed by atoms with Crippen LogP contribution in [-0.2, 0) is 4.79 Å². The average molecular weight is 317 g/mol. The number of hydrogen-bond donors (Lipinski definition) is 2. The van der Waals surface area contributed by atoms with Crippen molar-refractivity contribution in [2.24, 2.45) is 0 Å². The van der Waals surface area contributed by atoms with Gasteiger partial charge in [0.15, 0.2) is 6.10 Å². The van der Waals surface area contributed by atoms with Crippen molar-refractivity contribution in [1.82, 2.24) is 5.32 Å². The molecule has 2 rings (SSSR count). The predicted octanol–water partition coefficient (Wildman–Crippen LogP) is 2.75. The minimum absolute atomic E-state index is 0.0839. The van der Waals surface area contributed by atoms with Gasteiger partial charge in [-0.3, -0.25) is 4.79 Å². The Hall–Kier alpha value is -2.40. The van der Waals surface area contributed by atoms with Crippen molar-refractivity contribution in [3.63, 3.8) is 0 Å².